The molecular weight excluding hydrogens is 402 g/mol. The molecule has 5 aromatic rings. The summed E-state index contributed by atoms with van der Waals surface area (Å²) in [5.74, 6) is 1.28. The second kappa shape index (κ2) is 7.99. The number of anilines is 2. The van der Waals surface area contributed by atoms with Crippen molar-refractivity contribution in [2.24, 2.45) is 0 Å². The van der Waals surface area contributed by atoms with Crippen LogP contribution in [0, 0.1) is 6.92 Å². The lowest BCUT2D eigenvalue weighted by atomic mass is 10.1. The molecule has 158 valence electrons. The number of nitrogen functional groups attached to an aromatic ring is 2. The van der Waals surface area contributed by atoms with Crippen molar-refractivity contribution >= 4 is 22.7 Å². The highest BCUT2D eigenvalue weighted by molar-refractivity contribution is 5.86. The summed E-state index contributed by atoms with van der Waals surface area (Å²) in [4.78, 5) is 13.6. The number of para-hydroxylation sites is 1. The zero-order valence-electron chi connectivity index (χ0n) is 17.4. The van der Waals surface area contributed by atoms with E-state index >= 15 is 0 Å². The Morgan fingerprint density at radius 3 is 2.19 bits per heavy atom. The number of benzene rings is 2. The largest absolute Gasteiger partial charge is 0.472 e. The molecule has 0 bridgehead atoms. The minimum Gasteiger partial charge on any atom is -0.472 e. The van der Waals surface area contributed by atoms with Crippen LogP contribution in [0.1, 0.15) is 11.3 Å². The molecule has 2 aromatic carbocycles. The Morgan fingerprint density at radius 2 is 1.50 bits per heavy atom. The molecule has 8 nitrogen and oxygen atoms in total. The van der Waals surface area contributed by atoms with Crippen molar-refractivity contribution in [3.8, 4) is 23.0 Å². The minimum absolute atomic E-state index is 0.276. The smallest absolute Gasteiger partial charge is 0.227 e. The van der Waals surface area contributed by atoms with Crippen LogP contribution in [0.5, 0.6) is 5.88 Å². The number of pyridine rings is 1. The second-order valence-corrected chi connectivity index (χ2v) is 7.36. The molecule has 0 saturated heterocycles. The normalized spacial score (nSPS) is 11.0. The Balaban J connectivity index is 1.69. The molecule has 0 unspecified atom stereocenters. The van der Waals surface area contributed by atoms with Gasteiger partial charge in [-0.15, -0.1) is 0 Å². The predicted octanol–water partition coefficient (Wildman–Crippen LogP) is 3.93. The first kappa shape index (κ1) is 19.5. The highest BCUT2D eigenvalue weighted by Crippen LogP contribution is 2.33. The molecule has 0 aliphatic rings. The van der Waals surface area contributed by atoms with Gasteiger partial charge in [0.25, 0.3) is 0 Å². The number of aryl methyl sites for hydroxylation is 1. The Bertz CT molecular complexity index is 1380. The molecule has 3 heterocycles. The first-order valence-corrected chi connectivity index (χ1v) is 10.1. The fourth-order valence-electron chi connectivity index (χ4n) is 3.52. The molecular formula is C24H21N7O. The summed E-state index contributed by atoms with van der Waals surface area (Å²) in [6.45, 7) is 2.27. The van der Waals surface area contributed by atoms with E-state index in [-0.39, 0.29) is 11.6 Å². The van der Waals surface area contributed by atoms with Crippen LogP contribution in [0.3, 0.4) is 0 Å². The molecule has 5 rings (SSSR count). The van der Waals surface area contributed by atoms with Crippen LogP contribution in [0.15, 0.2) is 72.8 Å². The van der Waals surface area contributed by atoms with Crippen LogP contribution in [0.2, 0.25) is 0 Å². The molecule has 0 atom stereocenters. The zero-order chi connectivity index (χ0) is 22.1. The van der Waals surface area contributed by atoms with Gasteiger partial charge in [-0.05, 0) is 30.7 Å². The first-order chi connectivity index (χ1) is 15.6. The summed E-state index contributed by atoms with van der Waals surface area (Å²) in [7, 11) is 0. The molecule has 0 aliphatic heterocycles. The molecule has 0 radical (unpaired) electrons. The van der Waals surface area contributed by atoms with Crippen molar-refractivity contribution in [3.63, 3.8) is 0 Å². The van der Waals surface area contributed by atoms with Crippen LogP contribution < -0.4 is 16.2 Å². The highest BCUT2D eigenvalue weighted by Gasteiger charge is 2.19. The fraction of sp³-hybridized carbons (Fsp3) is 0.0833. The quantitative estimate of drug-likeness (QED) is 0.440. The third kappa shape index (κ3) is 3.69. The molecule has 0 spiro atoms. The molecule has 4 N–H and O–H groups in total. The van der Waals surface area contributed by atoms with E-state index in [2.05, 4.69) is 9.97 Å². The number of nitrogens with zero attached hydrogens (tertiary/aromatic N) is 5. The number of hydrogen-bond donors (Lipinski definition) is 2. The Hall–Kier alpha value is -4.46. The molecule has 8 heteroatoms. The molecule has 0 fully saturated rings. The maximum atomic E-state index is 6.15. The average molecular weight is 423 g/mol. The topological polar surface area (TPSA) is 118 Å². The number of ether oxygens (including phenoxy) is 1. The van der Waals surface area contributed by atoms with Crippen molar-refractivity contribution in [2.75, 3.05) is 11.5 Å². The fourth-order valence-corrected chi connectivity index (χ4v) is 3.52. The van der Waals surface area contributed by atoms with Gasteiger partial charge in [0.15, 0.2) is 11.5 Å². The molecule has 3 aromatic heterocycles. The van der Waals surface area contributed by atoms with Gasteiger partial charge in [-0.2, -0.15) is 10.1 Å². The molecule has 0 saturated carbocycles. The maximum absolute atomic E-state index is 6.15. The van der Waals surface area contributed by atoms with Gasteiger partial charge in [0.05, 0.1) is 16.9 Å². The van der Waals surface area contributed by atoms with Crippen LogP contribution in [-0.2, 0) is 6.61 Å². The third-order valence-electron chi connectivity index (χ3n) is 5.03. The lowest BCUT2D eigenvalue weighted by molar-refractivity contribution is 0.296. The summed E-state index contributed by atoms with van der Waals surface area (Å²) >= 11 is 0. The van der Waals surface area contributed by atoms with E-state index in [4.69, 9.17) is 26.3 Å². The van der Waals surface area contributed by atoms with Gasteiger partial charge in [0.2, 0.25) is 5.88 Å². The molecule has 0 aliphatic carbocycles. The van der Waals surface area contributed by atoms with Crippen LogP contribution in [0.4, 0.5) is 11.6 Å². The van der Waals surface area contributed by atoms with Crippen molar-refractivity contribution in [3.05, 3.63) is 84.1 Å². The third-order valence-corrected chi connectivity index (χ3v) is 5.03. The van der Waals surface area contributed by atoms with E-state index in [9.17, 15) is 0 Å². The average Bonchev–Trinajstić information content (AvgIpc) is 3.13. The predicted molar refractivity (Wildman–Crippen MR) is 124 cm³/mol. The van der Waals surface area contributed by atoms with E-state index in [1.807, 2.05) is 73.7 Å². The van der Waals surface area contributed by atoms with Gasteiger partial charge in [0, 0.05) is 11.5 Å². The van der Waals surface area contributed by atoms with Crippen LogP contribution in [-0.4, -0.2) is 24.7 Å². The van der Waals surface area contributed by atoms with Crippen LogP contribution in [0.25, 0.3) is 28.1 Å². The summed E-state index contributed by atoms with van der Waals surface area (Å²) in [6, 6.07) is 23.2. The van der Waals surface area contributed by atoms with Gasteiger partial charge in [-0.3, -0.25) is 0 Å². The molecule has 32 heavy (non-hydrogen) atoms. The van der Waals surface area contributed by atoms with E-state index < -0.39 is 0 Å². The van der Waals surface area contributed by atoms with Crippen molar-refractivity contribution in [1.82, 2.24) is 24.7 Å². The van der Waals surface area contributed by atoms with Crippen molar-refractivity contribution in [2.45, 2.75) is 13.5 Å². The first-order valence-electron chi connectivity index (χ1n) is 10.1. The van der Waals surface area contributed by atoms with Crippen molar-refractivity contribution in [1.29, 1.82) is 0 Å². The van der Waals surface area contributed by atoms with Crippen LogP contribution >= 0.6 is 0 Å². The van der Waals surface area contributed by atoms with E-state index in [1.54, 1.807) is 4.68 Å². The standard InChI is InChI=1S/C24H21N7O/c1-15-18-12-19(22-27-20(25)13-21(26)28-22)24(32-14-16-8-4-2-5-9-16)29-23(18)31(30-15)17-10-6-3-7-11-17/h2-13H,14H2,1H3,(H4,25,26,27,28). The van der Waals surface area contributed by atoms with Crippen molar-refractivity contribution < 1.29 is 4.74 Å². The monoisotopic (exact) mass is 423 g/mol. The number of aromatic nitrogens is 5. The lowest BCUT2D eigenvalue weighted by Gasteiger charge is -2.12. The van der Waals surface area contributed by atoms with Gasteiger partial charge >= 0.3 is 0 Å². The zero-order valence-corrected chi connectivity index (χ0v) is 17.4. The van der Waals surface area contributed by atoms with Gasteiger partial charge in [-0.1, -0.05) is 48.5 Å². The second-order valence-electron chi connectivity index (χ2n) is 7.36. The number of fused-ring (bicyclic) bond motifs is 1. The van der Waals surface area contributed by atoms with E-state index in [0.29, 0.717) is 29.5 Å². The Kier molecular flexibility index (Phi) is 4.87. The maximum Gasteiger partial charge on any atom is 0.227 e. The summed E-state index contributed by atoms with van der Waals surface area (Å²) in [6.07, 6.45) is 0. The summed E-state index contributed by atoms with van der Waals surface area (Å²) in [5, 5.41) is 5.56. The Morgan fingerprint density at radius 1 is 0.844 bits per heavy atom. The van der Waals surface area contributed by atoms with Gasteiger partial charge in [-0.25, -0.2) is 14.6 Å². The molecule has 0 amide bonds. The van der Waals surface area contributed by atoms with Gasteiger partial charge in [0.1, 0.15) is 18.2 Å². The number of nitrogens with two attached hydrogens (primary N) is 2. The number of rotatable bonds is 5. The van der Waals surface area contributed by atoms with Gasteiger partial charge < -0.3 is 16.2 Å². The minimum atomic E-state index is 0.276. The lowest BCUT2D eigenvalue weighted by Crippen LogP contribution is -2.05. The number of hydrogen-bond acceptors (Lipinski definition) is 7. The summed E-state index contributed by atoms with van der Waals surface area (Å²) in [5.41, 5.74) is 15.9. The van der Waals surface area contributed by atoms with E-state index in [0.717, 1.165) is 22.3 Å². The summed E-state index contributed by atoms with van der Waals surface area (Å²) < 4.78 is 7.96. The highest BCUT2D eigenvalue weighted by atomic mass is 16.5. The SMILES string of the molecule is Cc1nn(-c2ccccc2)c2nc(OCc3ccccc3)c(-c3nc(N)cc(N)n3)cc12. The Labute approximate surface area is 184 Å². The van der Waals surface area contributed by atoms with E-state index in [1.165, 1.54) is 6.07 Å².